The number of benzene rings is 1. The molecule has 0 bridgehead atoms. The molecule has 2 rings (SSSR count). The number of nitrogens with zero attached hydrogens (tertiary/aromatic N) is 1. The number of aromatic nitrogens is 1. The molecule has 1 aromatic carbocycles. The van der Waals surface area contributed by atoms with Crippen LogP contribution >= 0.6 is 34.9 Å². The van der Waals surface area contributed by atoms with Gasteiger partial charge in [0, 0.05) is 15.9 Å². The summed E-state index contributed by atoms with van der Waals surface area (Å²) in [4.78, 5) is 2.76. The highest BCUT2D eigenvalue weighted by Gasteiger charge is 2.11. The van der Waals surface area contributed by atoms with E-state index in [0.29, 0.717) is 0 Å². The van der Waals surface area contributed by atoms with Crippen molar-refractivity contribution < 1.29 is 4.57 Å². The Bertz CT molecular complexity index is 462. The zero-order chi connectivity index (χ0) is 10.1. The SMILES string of the molecule is CSc1cc2sc[n+](C)c2cc1SC. The molecule has 0 N–H and O–H groups in total. The standard InChI is InChI=1S/C10H12NS3/c1-11-6-14-8-5-10(13-3)9(12-2)4-7(8)11/h4-6H,1-3H3/q+1. The Morgan fingerprint density at radius 1 is 1.14 bits per heavy atom. The van der Waals surface area contributed by atoms with Crippen LogP contribution in [-0.4, -0.2) is 12.5 Å². The van der Waals surface area contributed by atoms with Crippen molar-refractivity contribution in [2.75, 3.05) is 12.5 Å². The van der Waals surface area contributed by atoms with Gasteiger partial charge in [-0.1, -0.05) is 11.3 Å². The zero-order valence-corrected chi connectivity index (χ0v) is 10.9. The fourth-order valence-corrected chi connectivity index (χ4v) is 3.87. The Labute approximate surface area is 96.5 Å². The predicted molar refractivity (Wildman–Crippen MR) is 66.6 cm³/mol. The second-order valence-corrected chi connectivity index (χ2v) is 5.59. The van der Waals surface area contributed by atoms with Crippen molar-refractivity contribution in [1.82, 2.24) is 0 Å². The number of rotatable bonds is 2. The monoisotopic (exact) mass is 242 g/mol. The Morgan fingerprint density at radius 2 is 1.79 bits per heavy atom. The van der Waals surface area contributed by atoms with Crippen molar-refractivity contribution in [1.29, 1.82) is 0 Å². The molecule has 0 unspecified atom stereocenters. The number of thiazole rings is 1. The first-order valence-electron chi connectivity index (χ1n) is 4.25. The molecule has 0 fully saturated rings. The van der Waals surface area contributed by atoms with Crippen molar-refractivity contribution in [2.24, 2.45) is 7.05 Å². The maximum atomic E-state index is 2.29. The van der Waals surface area contributed by atoms with Gasteiger partial charge in [0.2, 0.25) is 11.0 Å². The molecule has 0 spiro atoms. The highest BCUT2D eigenvalue weighted by Crippen LogP contribution is 2.32. The third-order valence-corrected chi connectivity index (χ3v) is 4.87. The number of fused-ring (bicyclic) bond motifs is 1. The lowest BCUT2D eigenvalue weighted by atomic mass is 10.3. The predicted octanol–water partition coefficient (Wildman–Crippen LogP) is 3.17. The van der Waals surface area contributed by atoms with Crippen LogP contribution in [0, 0.1) is 0 Å². The first kappa shape index (κ1) is 10.3. The summed E-state index contributed by atoms with van der Waals surface area (Å²) in [7, 11) is 2.10. The molecule has 14 heavy (non-hydrogen) atoms. The molecule has 0 amide bonds. The lowest BCUT2D eigenvalue weighted by molar-refractivity contribution is -0.640. The van der Waals surface area contributed by atoms with E-state index in [1.165, 1.54) is 20.0 Å². The van der Waals surface area contributed by atoms with E-state index in [2.05, 4.69) is 41.8 Å². The molecule has 0 atom stereocenters. The second-order valence-electron chi connectivity index (χ2n) is 3.01. The Morgan fingerprint density at radius 3 is 2.43 bits per heavy atom. The number of hydrogen-bond donors (Lipinski definition) is 0. The zero-order valence-electron chi connectivity index (χ0n) is 8.40. The second kappa shape index (κ2) is 4.13. The van der Waals surface area contributed by atoms with Gasteiger partial charge in [0.05, 0.1) is 0 Å². The minimum absolute atomic E-state index is 1.33. The van der Waals surface area contributed by atoms with Crippen LogP contribution in [0.3, 0.4) is 0 Å². The minimum atomic E-state index is 1.33. The third-order valence-electron chi connectivity index (χ3n) is 2.18. The van der Waals surface area contributed by atoms with Gasteiger partial charge in [0.15, 0.2) is 0 Å². The van der Waals surface area contributed by atoms with Gasteiger partial charge in [0.1, 0.15) is 11.7 Å². The molecule has 4 heteroatoms. The fraction of sp³-hybridized carbons (Fsp3) is 0.300. The Kier molecular flexibility index (Phi) is 3.04. The van der Waals surface area contributed by atoms with E-state index in [4.69, 9.17) is 0 Å². The van der Waals surface area contributed by atoms with Crippen LogP contribution in [-0.2, 0) is 7.05 Å². The van der Waals surface area contributed by atoms with Crippen LogP contribution in [0.15, 0.2) is 27.4 Å². The van der Waals surface area contributed by atoms with E-state index in [1.807, 2.05) is 23.5 Å². The van der Waals surface area contributed by atoms with E-state index in [1.54, 1.807) is 11.3 Å². The molecule has 1 heterocycles. The van der Waals surface area contributed by atoms with Crippen LogP contribution in [0.4, 0.5) is 0 Å². The Hall–Kier alpha value is -0.190. The molecule has 1 nitrogen and oxygen atoms in total. The first-order valence-corrected chi connectivity index (χ1v) is 7.58. The summed E-state index contributed by atoms with van der Waals surface area (Å²) >= 11 is 5.44. The largest absolute Gasteiger partial charge is 0.225 e. The highest BCUT2D eigenvalue weighted by molar-refractivity contribution is 8.01. The van der Waals surface area contributed by atoms with Gasteiger partial charge < -0.3 is 0 Å². The summed E-state index contributed by atoms with van der Waals surface area (Å²) in [5.74, 6) is 0. The number of hydrogen-bond acceptors (Lipinski definition) is 3. The van der Waals surface area contributed by atoms with Crippen molar-refractivity contribution in [3.05, 3.63) is 17.6 Å². The summed E-state index contributed by atoms with van der Waals surface area (Å²) in [5, 5.41) is 0. The van der Waals surface area contributed by atoms with Crippen LogP contribution in [0.25, 0.3) is 10.2 Å². The quantitative estimate of drug-likeness (QED) is 0.588. The molecular weight excluding hydrogens is 230 g/mol. The summed E-state index contributed by atoms with van der Waals surface area (Å²) < 4.78 is 3.55. The summed E-state index contributed by atoms with van der Waals surface area (Å²) in [6, 6.07) is 4.57. The summed E-state index contributed by atoms with van der Waals surface area (Å²) in [5.41, 5.74) is 3.48. The smallest absolute Gasteiger partial charge is 0.191 e. The third kappa shape index (κ3) is 1.66. The van der Waals surface area contributed by atoms with Crippen LogP contribution in [0.1, 0.15) is 0 Å². The van der Waals surface area contributed by atoms with Crippen molar-refractivity contribution >= 4 is 45.1 Å². The molecule has 0 aliphatic heterocycles. The average Bonchev–Trinajstić information content (AvgIpc) is 2.58. The average molecular weight is 242 g/mol. The topological polar surface area (TPSA) is 3.88 Å². The molecule has 0 saturated heterocycles. The van der Waals surface area contributed by atoms with Crippen molar-refractivity contribution in [3.8, 4) is 0 Å². The van der Waals surface area contributed by atoms with Gasteiger partial charge in [-0.2, -0.15) is 4.57 Å². The van der Waals surface area contributed by atoms with E-state index in [0.717, 1.165) is 0 Å². The van der Waals surface area contributed by atoms with Gasteiger partial charge in [-0.15, -0.1) is 23.5 Å². The lowest BCUT2D eigenvalue weighted by Gasteiger charge is -2.02. The molecule has 0 aliphatic carbocycles. The van der Waals surface area contributed by atoms with Gasteiger partial charge in [-0.05, 0) is 18.6 Å². The van der Waals surface area contributed by atoms with Gasteiger partial charge in [-0.25, -0.2) is 0 Å². The molecule has 0 aliphatic rings. The van der Waals surface area contributed by atoms with Crippen LogP contribution in [0.5, 0.6) is 0 Å². The summed E-state index contributed by atoms with van der Waals surface area (Å²) in [6.07, 6.45) is 4.27. The number of thioether (sulfide) groups is 2. The molecular formula is C10H12NS3+. The van der Waals surface area contributed by atoms with E-state index in [9.17, 15) is 0 Å². The summed E-state index contributed by atoms with van der Waals surface area (Å²) in [6.45, 7) is 0. The molecule has 2 aromatic rings. The fourth-order valence-electron chi connectivity index (χ4n) is 1.41. The normalized spacial score (nSPS) is 11.1. The van der Waals surface area contributed by atoms with E-state index in [-0.39, 0.29) is 0 Å². The first-order chi connectivity index (χ1) is 6.76. The Balaban J connectivity index is 2.71. The van der Waals surface area contributed by atoms with Gasteiger partial charge in [0.25, 0.3) is 0 Å². The minimum Gasteiger partial charge on any atom is -0.191 e. The molecule has 0 radical (unpaired) electrons. The van der Waals surface area contributed by atoms with Gasteiger partial charge >= 0.3 is 0 Å². The van der Waals surface area contributed by atoms with Crippen LogP contribution in [0.2, 0.25) is 0 Å². The van der Waals surface area contributed by atoms with Crippen molar-refractivity contribution in [3.63, 3.8) is 0 Å². The van der Waals surface area contributed by atoms with Crippen LogP contribution < -0.4 is 4.57 Å². The highest BCUT2D eigenvalue weighted by atomic mass is 32.2. The molecule has 0 saturated carbocycles. The maximum Gasteiger partial charge on any atom is 0.225 e. The van der Waals surface area contributed by atoms with E-state index >= 15 is 0 Å². The lowest BCUT2D eigenvalue weighted by Crippen LogP contribution is -2.24. The number of aryl methyl sites for hydroxylation is 1. The molecule has 74 valence electrons. The van der Waals surface area contributed by atoms with Gasteiger partial charge in [-0.3, -0.25) is 0 Å². The van der Waals surface area contributed by atoms with Crippen molar-refractivity contribution in [2.45, 2.75) is 9.79 Å². The maximum absolute atomic E-state index is 2.29. The van der Waals surface area contributed by atoms with E-state index < -0.39 is 0 Å². The molecule has 1 aromatic heterocycles.